The maximum atomic E-state index is 15.1. The van der Waals surface area contributed by atoms with Gasteiger partial charge in [-0.3, -0.25) is 8.98 Å². The molecule has 1 saturated heterocycles. The molecular formula is C27H34ClFN4O7S. The number of halogens is 2. The van der Waals surface area contributed by atoms with Gasteiger partial charge >= 0.3 is 6.09 Å². The molecule has 11 nitrogen and oxygen atoms in total. The molecular weight excluding hydrogens is 579 g/mol. The minimum atomic E-state index is -3.78. The van der Waals surface area contributed by atoms with Crippen molar-refractivity contribution >= 4 is 39.5 Å². The van der Waals surface area contributed by atoms with Crippen LogP contribution < -0.4 is 9.74 Å². The highest BCUT2D eigenvalue weighted by Gasteiger charge is 2.45. The summed E-state index contributed by atoms with van der Waals surface area (Å²) in [6.07, 6.45) is -0.308. The smallest absolute Gasteiger partial charge is 0.442 e. The number of ether oxygens (including phenoxy) is 1. The van der Waals surface area contributed by atoms with Crippen LogP contribution in [0.3, 0.4) is 0 Å². The van der Waals surface area contributed by atoms with Crippen LogP contribution in [0.15, 0.2) is 24.3 Å². The van der Waals surface area contributed by atoms with Gasteiger partial charge in [0.15, 0.2) is 5.75 Å². The standard InChI is InChI=1S/C27H34ClFN4O7S/c1-26(2,3)38-25(35)33-13-12-31(6)24(34)19-22(39-33)20(28)21(17-10-8-9-11-18(17)29)30-23(19)32-15-16(14-27(32,4)5)40-41(7,36)37/h8-11,16H,12-15H2,1-7H3/t16-/m0/s1. The Morgan fingerprint density at radius 2 is 1.88 bits per heavy atom. The highest BCUT2D eigenvalue weighted by molar-refractivity contribution is 7.86. The maximum absolute atomic E-state index is 15.1. The zero-order chi connectivity index (χ0) is 30.5. The Balaban J connectivity index is 1.97. The first-order chi connectivity index (χ1) is 18.9. The van der Waals surface area contributed by atoms with E-state index in [1.807, 2.05) is 13.8 Å². The second-order valence-corrected chi connectivity index (χ2v) is 13.7. The van der Waals surface area contributed by atoms with Crippen LogP contribution in [0.5, 0.6) is 5.75 Å². The number of amides is 2. The van der Waals surface area contributed by atoms with Gasteiger partial charge in [0.1, 0.15) is 27.8 Å². The molecule has 2 aliphatic heterocycles. The van der Waals surface area contributed by atoms with Crippen molar-refractivity contribution in [2.24, 2.45) is 0 Å². The summed E-state index contributed by atoms with van der Waals surface area (Å²) >= 11 is 6.81. The van der Waals surface area contributed by atoms with Gasteiger partial charge in [-0.2, -0.15) is 8.42 Å². The highest BCUT2D eigenvalue weighted by Crippen LogP contribution is 2.46. The molecule has 4 rings (SSSR count). The second kappa shape index (κ2) is 10.9. The molecule has 14 heteroatoms. The molecule has 3 heterocycles. The van der Waals surface area contributed by atoms with E-state index in [9.17, 15) is 18.0 Å². The van der Waals surface area contributed by atoms with Crippen LogP contribution in [0.2, 0.25) is 5.02 Å². The number of pyridine rings is 1. The lowest BCUT2D eigenvalue weighted by atomic mass is 10.00. The average molecular weight is 613 g/mol. The molecule has 1 aromatic heterocycles. The fraction of sp³-hybridized carbons (Fsp3) is 0.519. The van der Waals surface area contributed by atoms with Gasteiger partial charge in [-0.15, -0.1) is 5.06 Å². The van der Waals surface area contributed by atoms with Crippen LogP contribution in [0.25, 0.3) is 11.3 Å². The van der Waals surface area contributed by atoms with E-state index in [-0.39, 0.29) is 59.5 Å². The van der Waals surface area contributed by atoms with Crippen molar-refractivity contribution in [3.63, 3.8) is 0 Å². The molecule has 2 aliphatic rings. The molecule has 224 valence electrons. The van der Waals surface area contributed by atoms with E-state index in [2.05, 4.69) is 0 Å². The van der Waals surface area contributed by atoms with E-state index in [4.69, 9.17) is 30.3 Å². The third kappa shape index (κ3) is 6.68. The Morgan fingerprint density at radius 1 is 1.22 bits per heavy atom. The number of hydroxylamine groups is 2. The molecule has 0 unspecified atom stereocenters. The number of carbonyl (C=O) groups is 2. The Kier molecular flexibility index (Phi) is 8.20. The van der Waals surface area contributed by atoms with Gasteiger partial charge in [0.2, 0.25) is 0 Å². The zero-order valence-corrected chi connectivity index (χ0v) is 25.6. The van der Waals surface area contributed by atoms with Crippen molar-refractivity contribution in [1.29, 1.82) is 0 Å². The maximum Gasteiger partial charge on any atom is 0.443 e. The molecule has 0 N–H and O–H groups in total. The van der Waals surface area contributed by atoms with Crippen molar-refractivity contribution in [2.75, 3.05) is 37.8 Å². The monoisotopic (exact) mass is 612 g/mol. The summed E-state index contributed by atoms with van der Waals surface area (Å²) in [5, 5.41) is 0.769. The van der Waals surface area contributed by atoms with Crippen LogP contribution in [-0.4, -0.2) is 85.5 Å². The summed E-state index contributed by atoms with van der Waals surface area (Å²) in [5.41, 5.74) is -1.66. The number of aromatic nitrogens is 1. The number of nitrogens with zero attached hydrogens (tertiary/aromatic N) is 4. The number of benzene rings is 1. The molecule has 2 aromatic rings. The molecule has 2 amide bonds. The van der Waals surface area contributed by atoms with E-state index < -0.39 is 45.2 Å². The Labute approximate surface area is 244 Å². The SMILES string of the molecule is CN1CCN(C(=O)OC(C)(C)C)Oc2c(Cl)c(-c3ccccc3F)nc(N3C[C@@H](OS(C)(=O)=O)CC3(C)C)c2C1=O. The van der Waals surface area contributed by atoms with Crippen LogP contribution in [-0.2, 0) is 19.0 Å². The Bertz CT molecular complexity index is 1480. The zero-order valence-electron chi connectivity index (χ0n) is 24.0. The number of fused-ring (bicyclic) bond motifs is 1. The van der Waals surface area contributed by atoms with E-state index >= 15 is 4.39 Å². The molecule has 41 heavy (non-hydrogen) atoms. The van der Waals surface area contributed by atoms with Crippen molar-refractivity contribution in [3.8, 4) is 17.0 Å². The quantitative estimate of drug-likeness (QED) is 0.460. The van der Waals surface area contributed by atoms with Crippen LogP contribution in [0, 0.1) is 5.82 Å². The average Bonchev–Trinajstić information content (AvgIpc) is 3.11. The van der Waals surface area contributed by atoms with Gasteiger partial charge < -0.3 is 19.4 Å². The third-order valence-electron chi connectivity index (χ3n) is 6.61. The van der Waals surface area contributed by atoms with Gasteiger partial charge in [0.05, 0.1) is 24.6 Å². The highest BCUT2D eigenvalue weighted by atomic mass is 35.5. The van der Waals surface area contributed by atoms with Crippen LogP contribution in [0.1, 0.15) is 51.4 Å². The van der Waals surface area contributed by atoms with Crippen molar-refractivity contribution in [1.82, 2.24) is 14.9 Å². The molecule has 1 fully saturated rings. The number of likely N-dealkylation sites (N-methyl/N-ethyl adjacent to an activating group) is 1. The lowest BCUT2D eigenvalue weighted by Gasteiger charge is -2.37. The van der Waals surface area contributed by atoms with E-state index in [1.165, 1.54) is 23.1 Å². The summed E-state index contributed by atoms with van der Waals surface area (Å²) in [6, 6.07) is 5.84. The molecule has 0 spiro atoms. The van der Waals surface area contributed by atoms with Crippen LogP contribution >= 0.6 is 11.6 Å². The second-order valence-electron chi connectivity index (χ2n) is 11.7. The minimum absolute atomic E-state index is 0.0260. The number of hydrogen-bond acceptors (Lipinski definition) is 9. The number of hydrogen-bond donors (Lipinski definition) is 0. The molecule has 1 aromatic carbocycles. The van der Waals surface area contributed by atoms with Crippen molar-refractivity contribution in [3.05, 3.63) is 40.7 Å². The molecule has 0 aliphatic carbocycles. The summed E-state index contributed by atoms with van der Waals surface area (Å²) in [6.45, 7) is 8.89. The Morgan fingerprint density at radius 3 is 2.49 bits per heavy atom. The largest absolute Gasteiger partial charge is 0.443 e. The summed E-state index contributed by atoms with van der Waals surface area (Å²) in [5.74, 6) is -1.25. The molecule has 0 bridgehead atoms. The molecule has 1 atom stereocenters. The predicted octanol–water partition coefficient (Wildman–Crippen LogP) is 4.49. The summed E-state index contributed by atoms with van der Waals surface area (Å²) in [4.78, 5) is 40.8. The first-order valence-corrected chi connectivity index (χ1v) is 15.2. The van der Waals surface area contributed by atoms with Crippen LogP contribution in [0.4, 0.5) is 15.0 Å². The lowest BCUT2D eigenvalue weighted by Crippen LogP contribution is -2.47. The third-order valence-corrected chi connectivity index (χ3v) is 7.59. The summed E-state index contributed by atoms with van der Waals surface area (Å²) < 4.78 is 49.7. The van der Waals surface area contributed by atoms with Gasteiger partial charge in [-0.25, -0.2) is 14.2 Å². The van der Waals surface area contributed by atoms with E-state index in [0.717, 1.165) is 11.3 Å². The number of carbonyl (C=O) groups excluding carboxylic acids is 2. The van der Waals surface area contributed by atoms with Crippen molar-refractivity contribution in [2.45, 2.75) is 58.3 Å². The first kappa shape index (κ1) is 30.8. The van der Waals surface area contributed by atoms with Crippen molar-refractivity contribution < 1.29 is 36.2 Å². The predicted molar refractivity (Wildman–Crippen MR) is 151 cm³/mol. The lowest BCUT2D eigenvalue weighted by molar-refractivity contribution is -0.0761. The van der Waals surface area contributed by atoms with Gasteiger partial charge in [-0.1, -0.05) is 23.7 Å². The molecule has 0 radical (unpaired) electrons. The number of rotatable bonds is 4. The first-order valence-electron chi connectivity index (χ1n) is 13.0. The topological polar surface area (TPSA) is 119 Å². The van der Waals surface area contributed by atoms with Gasteiger partial charge in [0.25, 0.3) is 16.0 Å². The van der Waals surface area contributed by atoms with Gasteiger partial charge in [0, 0.05) is 31.2 Å². The fourth-order valence-corrected chi connectivity index (χ4v) is 5.73. The minimum Gasteiger partial charge on any atom is -0.442 e. The normalized spacial score (nSPS) is 19.4. The van der Waals surface area contributed by atoms with E-state index in [0.29, 0.717) is 0 Å². The summed E-state index contributed by atoms with van der Waals surface area (Å²) in [7, 11) is -2.23. The Hall–Kier alpha value is -3.16. The van der Waals surface area contributed by atoms with E-state index in [1.54, 1.807) is 38.8 Å². The number of anilines is 1. The fourth-order valence-electron chi connectivity index (χ4n) is 4.83. The molecule has 0 saturated carbocycles. The van der Waals surface area contributed by atoms with Gasteiger partial charge in [-0.05, 0) is 53.2 Å².